The van der Waals surface area contributed by atoms with Crippen molar-refractivity contribution in [3.8, 4) is 11.4 Å². The molecule has 0 fully saturated rings. The van der Waals surface area contributed by atoms with Gasteiger partial charge in [0.15, 0.2) is 0 Å². The molecule has 2 heterocycles. The lowest BCUT2D eigenvalue weighted by molar-refractivity contribution is 0.385. The molecule has 5 nitrogen and oxygen atoms in total. The Kier molecular flexibility index (Phi) is 3.35. The first kappa shape index (κ1) is 12.6. The van der Waals surface area contributed by atoms with Crippen LogP contribution in [0.2, 0.25) is 5.02 Å². The zero-order valence-electron chi connectivity index (χ0n) is 10.3. The van der Waals surface area contributed by atoms with Crippen LogP contribution < -0.4 is 5.56 Å². The van der Waals surface area contributed by atoms with Crippen LogP contribution in [0.25, 0.3) is 11.4 Å². The van der Waals surface area contributed by atoms with Gasteiger partial charge in [0, 0.05) is 22.8 Å². The van der Waals surface area contributed by atoms with Crippen LogP contribution in [0.1, 0.15) is 11.5 Å². The molecule has 2 aromatic heterocycles. The van der Waals surface area contributed by atoms with Gasteiger partial charge in [0.25, 0.3) is 0 Å². The molecular formula is C14H10ClN3O2. The Bertz CT molecular complexity index is 774. The van der Waals surface area contributed by atoms with E-state index in [2.05, 4.69) is 15.1 Å². The number of nitrogens with zero attached hydrogens (tertiary/aromatic N) is 2. The highest BCUT2D eigenvalue weighted by Crippen LogP contribution is 2.20. The number of benzene rings is 1. The molecule has 100 valence electrons. The van der Waals surface area contributed by atoms with Gasteiger partial charge in [-0.3, -0.25) is 4.79 Å². The average Bonchev–Trinajstić information content (AvgIpc) is 2.91. The number of aromatic nitrogens is 3. The number of halogens is 1. The maximum Gasteiger partial charge on any atom is 0.247 e. The number of nitrogens with one attached hydrogen (secondary N) is 1. The van der Waals surface area contributed by atoms with E-state index in [-0.39, 0.29) is 5.56 Å². The molecule has 0 amide bonds. The zero-order chi connectivity index (χ0) is 13.9. The summed E-state index contributed by atoms with van der Waals surface area (Å²) in [5.74, 6) is 0.905. The molecule has 0 spiro atoms. The Hall–Kier alpha value is -2.40. The van der Waals surface area contributed by atoms with Crippen LogP contribution in [-0.2, 0) is 6.42 Å². The van der Waals surface area contributed by atoms with Crippen LogP contribution in [0.3, 0.4) is 0 Å². The molecule has 0 aliphatic heterocycles. The van der Waals surface area contributed by atoms with E-state index in [9.17, 15) is 4.79 Å². The van der Waals surface area contributed by atoms with Crippen molar-refractivity contribution in [3.63, 3.8) is 0 Å². The van der Waals surface area contributed by atoms with Gasteiger partial charge in [-0.15, -0.1) is 0 Å². The third-order valence-corrected chi connectivity index (χ3v) is 3.18. The molecule has 0 bridgehead atoms. The van der Waals surface area contributed by atoms with E-state index in [1.54, 1.807) is 12.3 Å². The molecule has 1 aromatic carbocycles. The number of hydrogen-bond donors (Lipinski definition) is 1. The standard InChI is InChI=1S/C14H10ClN3O2/c15-11-4-2-1-3-9(11)7-13-17-14(18-20-13)10-5-6-12(19)16-8-10/h1-6,8H,7H2,(H,16,19). The lowest BCUT2D eigenvalue weighted by Crippen LogP contribution is -2.01. The van der Waals surface area contributed by atoms with Gasteiger partial charge in [0.1, 0.15) is 0 Å². The van der Waals surface area contributed by atoms with Gasteiger partial charge in [-0.2, -0.15) is 4.98 Å². The van der Waals surface area contributed by atoms with Crippen LogP contribution in [0.15, 0.2) is 51.9 Å². The fraction of sp³-hybridized carbons (Fsp3) is 0.0714. The van der Waals surface area contributed by atoms with E-state index in [0.717, 1.165) is 5.56 Å². The quantitative estimate of drug-likeness (QED) is 0.804. The molecule has 1 N–H and O–H groups in total. The minimum absolute atomic E-state index is 0.173. The highest BCUT2D eigenvalue weighted by molar-refractivity contribution is 6.31. The van der Waals surface area contributed by atoms with E-state index in [1.165, 1.54) is 6.07 Å². The summed E-state index contributed by atoms with van der Waals surface area (Å²) in [6.07, 6.45) is 2.02. The summed E-state index contributed by atoms with van der Waals surface area (Å²) in [4.78, 5) is 17.9. The van der Waals surface area contributed by atoms with Crippen molar-refractivity contribution in [2.75, 3.05) is 0 Å². The summed E-state index contributed by atoms with van der Waals surface area (Å²) in [5, 5.41) is 4.55. The number of aromatic amines is 1. The van der Waals surface area contributed by atoms with Crippen LogP contribution in [0.4, 0.5) is 0 Å². The van der Waals surface area contributed by atoms with Crippen molar-refractivity contribution in [3.05, 3.63) is 69.4 Å². The maximum atomic E-state index is 11.0. The fourth-order valence-corrected chi connectivity index (χ4v) is 2.00. The lowest BCUT2D eigenvalue weighted by Gasteiger charge is -1.98. The molecule has 0 saturated heterocycles. The normalized spacial score (nSPS) is 10.7. The third kappa shape index (κ3) is 2.62. The zero-order valence-corrected chi connectivity index (χ0v) is 11.1. The third-order valence-electron chi connectivity index (χ3n) is 2.81. The minimum atomic E-state index is -0.173. The first-order valence-corrected chi connectivity index (χ1v) is 6.35. The van der Waals surface area contributed by atoms with Crippen molar-refractivity contribution < 1.29 is 4.52 Å². The Morgan fingerprint density at radius 1 is 1.20 bits per heavy atom. The smallest absolute Gasteiger partial charge is 0.247 e. The van der Waals surface area contributed by atoms with E-state index < -0.39 is 0 Å². The largest absolute Gasteiger partial charge is 0.339 e. The second-order valence-corrected chi connectivity index (χ2v) is 4.63. The molecular weight excluding hydrogens is 278 g/mol. The lowest BCUT2D eigenvalue weighted by atomic mass is 10.1. The van der Waals surface area contributed by atoms with E-state index in [1.807, 2.05) is 24.3 Å². The second-order valence-electron chi connectivity index (χ2n) is 4.22. The summed E-state index contributed by atoms with van der Waals surface area (Å²) in [5.41, 5.74) is 1.44. The first-order valence-electron chi connectivity index (χ1n) is 5.97. The van der Waals surface area contributed by atoms with Crippen molar-refractivity contribution in [1.29, 1.82) is 0 Å². The summed E-state index contributed by atoms with van der Waals surface area (Å²) in [6, 6.07) is 10.6. The molecule has 6 heteroatoms. The van der Waals surface area contributed by atoms with Crippen LogP contribution >= 0.6 is 11.6 Å². The predicted octanol–water partition coefficient (Wildman–Crippen LogP) is 2.67. The van der Waals surface area contributed by atoms with Gasteiger partial charge in [0.05, 0.1) is 6.42 Å². The summed E-state index contributed by atoms with van der Waals surface area (Å²) < 4.78 is 5.20. The Morgan fingerprint density at radius 2 is 2.05 bits per heavy atom. The van der Waals surface area contributed by atoms with Crippen LogP contribution in [0, 0.1) is 0 Å². The van der Waals surface area contributed by atoms with Gasteiger partial charge < -0.3 is 9.51 Å². The van der Waals surface area contributed by atoms with E-state index >= 15 is 0 Å². The molecule has 3 rings (SSSR count). The van der Waals surface area contributed by atoms with Gasteiger partial charge >= 0.3 is 0 Å². The highest BCUT2D eigenvalue weighted by atomic mass is 35.5. The van der Waals surface area contributed by atoms with E-state index in [0.29, 0.717) is 28.7 Å². The summed E-state index contributed by atoms with van der Waals surface area (Å²) in [7, 11) is 0. The summed E-state index contributed by atoms with van der Waals surface area (Å²) >= 11 is 6.09. The predicted molar refractivity (Wildman–Crippen MR) is 74.6 cm³/mol. The van der Waals surface area contributed by atoms with Crippen molar-refractivity contribution in [2.24, 2.45) is 0 Å². The minimum Gasteiger partial charge on any atom is -0.339 e. The van der Waals surface area contributed by atoms with Crippen LogP contribution in [-0.4, -0.2) is 15.1 Å². The fourth-order valence-electron chi connectivity index (χ4n) is 1.80. The average molecular weight is 288 g/mol. The maximum absolute atomic E-state index is 11.0. The molecule has 3 aromatic rings. The number of rotatable bonds is 3. The molecule has 0 aliphatic rings. The monoisotopic (exact) mass is 287 g/mol. The molecule has 20 heavy (non-hydrogen) atoms. The molecule has 0 saturated carbocycles. The first-order chi connectivity index (χ1) is 9.72. The van der Waals surface area contributed by atoms with Crippen molar-refractivity contribution in [2.45, 2.75) is 6.42 Å². The van der Waals surface area contributed by atoms with Crippen molar-refractivity contribution in [1.82, 2.24) is 15.1 Å². The Balaban J connectivity index is 1.85. The van der Waals surface area contributed by atoms with Gasteiger partial charge in [-0.1, -0.05) is 35.0 Å². The molecule has 0 aliphatic carbocycles. The number of hydrogen-bond acceptors (Lipinski definition) is 4. The van der Waals surface area contributed by atoms with E-state index in [4.69, 9.17) is 16.1 Å². The SMILES string of the molecule is O=c1ccc(-c2noc(Cc3ccccc3Cl)n2)c[nH]1. The Labute approximate surface area is 119 Å². The second kappa shape index (κ2) is 5.30. The highest BCUT2D eigenvalue weighted by Gasteiger charge is 2.10. The molecule has 0 unspecified atom stereocenters. The van der Waals surface area contributed by atoms with Crippen molar-refractivity contribution >= 4 is 11.6 Å². The Morgan fingerprint density at radius 3 is 2.80 bits per heavy atom. The van der Waals surface area contributed by atoms with Gasteiger partial charge in [-0.25, -0.2) is 0 Å². The van der Waals surface area contributed by atoms with Gasteiger partial charge in [-0.05, 0) is 17.7 Å². The molecule has 0 radical (unpaired) electrons. The number of pyridine rings is 1. The number of H-pyrrole nitrogens is 1. The summed E-state index contributed by atoms with van der Waals surface area (Å²) in [6.45, 7) is 0. The van der Waals surface area contributed by atoms with Crippen LogP contribution in [0.5, 0.6) is 0 Å². The molecule has 0 atom stereocenters. The van der Waals surface area contributed by atoms with Gasteiger partial charge in [0.2, 0.25) is 17.3 Å². The topological polar surface area (TPSA) is 71.8 Å².